The molecule has 0 aromatic heterocycles. The minimum absolute atomic E-state index is 0.00370. The van der Waals surface area contributed by atoms with Gasteiger partial charge in [-0.15, -0.1) is 0 Å². The second-order valence-corrected chi connectivity index (χ2v) is 5.14. The van der Waals surface area contributed by atoms with Gasteiger partial charge in [0.05, 0.1) is 7.11 Å². The molecule has 106 valence electrons. The SMILES string of the molecule is COC(=O)C1=C(C)C(c2ccccc2)(C(C)C)OC1=O. The Hall–Kier alpha value is -2.10. The van der Waals surface area contributed by atoms with Crippen molar-refractivity contribution in [3.8, 4) is 0 Å². The molecule has 1 aromatic carbocycles. The molecule has 0 N–H and O–H groups in total. The highest BCUT2D eigenvalue weighted by Gasteiger charge is 2.51. The van der Waals surface area contributed by atoms with Gasteiger partial charge in [-0.2, -0.15) is 0 Å². The van der Waals surface area contributed by atoms with Crippen molar-refractivity contribution in [3.63, 3.8) is 0 Å². The van der Waals surface area contributed by atoms with Crippen molar-refractivity contribution in [1.29, 1.82) is 0 Å². The van der Waals surface area contributed by atoms with Gasteiger partial charge in [-0.25, -0.2) is 9.59 Å². The number of carbonyl (C=O) groups excluding carboxylic acids is 2. The normalized spacial score (nSPS) is 22.1. The van der Waals surface area contributed by atoms with Gasteiger partial charge in [-0.1, -0.05) is 44.2 Å². The van der Waals surface area contributed by atoms with Gasteiger partial charge in [0.15, 0.2) is 5.60 Å². The van der Waals surface area contributed by atoms with Crippen LogP contribution in [-0.2, 0) is 24.7 Å². The molecule has 0 bridgehead atoms. The van der Waals surface area contributed by atoms with Crippen LogP contribution < -0.4 is 0 Å². The van der Waals surface area contributed by atoms with E-state index in [0.29, 0.717) is 5.57 Å². The molecule has 0 fully saturated rings. The fourth-order valence-corrected chi connectivity index (χ4v) is 2.80. The van der Waals surface area contributed by atoms with Gasteiger partial charge in [-0.3, -0.25) is 0 Å². The number of methoxy groups -OCH3 is 1. The maximum absolute atomic E-state index is 12.1. The summed E-state index contributed by atoms with van der Waals surface area (Å²) in [7, 11) is 1.26. The van der Waals surface area contributed by atoms with Crippen molar-refractivity contribution in [3.05, 3.63) is 47.0 Å². The van der Waals surface area contributed by atoms with Gasteiger partial charge in [0.2, 0.25) is 0 Å². The summed E-state index contributed by atoms with van der Waals surface area (Å²) in [5, 5.41) is 0. The van der Waals surface area contributed by atoms with E-state index in [1.807, 2.05) is 44.2 Å². The summed E-state index contributed by atoms with van der Waals surface area (Å²) >= 11 is 0. The summed E-state index contributed by atoms with van der Waals surface area (Å²) in [4.78, 5) is 23.9. The summed E-state index contributed by atoms with van der Waals surface area (Å²) in [6.45, 7) is 5.68. The number of rotatable bonds is 3. The molecule has 1 atom stereocenters. The van der Waals surface area contributed by atoms with Gasteiger partial charge in [0, 0.05) is 11.5 Å². The molecule has 0 spiro atoms. The number of hydrogen-bond acceptors (Lipinski definition) is 4. The Morgan fingerprint density at radius 3 is 2.35 bits per heavy atom. The van der Waals surface area contributed by atoms with Gasteiger partial charge in [-0.05, 0) is 12.5 Å². The van der Waals surface area contributed by atoms with E-state index in [1.54, 1.807) is 6.92 Å². The Labute approximate surface area is 118 Å². The van der Waals surface area contributed by atoms with Crippen LogP contribution in [0.15, 0.2) is 41.5 Å². The van der Waals surface area contributed by atoms with E-state index >= 15 is 0 Å². The monoisotopic (exact) mass is 274 g/mol. The predicted molar refractivity (Wildman–Crippen MR) is 73.8 cm³/mol. The number of cyclic esters (lactones) is 1. The van der Waals surface area contributed by atoms with Crippen molar-refractivity contribution in [2.24, 2.45) is 5.92 Å². The minimum atomic E-state index is -0.901. The van der Waals surface area contributed by atoms with Crippen LogP contribution in [0.4, 0.5) is 0 Å². The van der Waals surface area contributed by atoms with E-state index in [0.717, 1.165) is 5.56 Å². The first-order chi connectivity index (χ1) is 9.45. The van der Waals surface area contributed by atoms with Crippen molar-refractivity contribution < 1.29 is 19.1 Å². The summed E-state index contributed by atoms with van der Waals surface area (Å²) in [5.41, 5.74) is 0.572. The van der Waals surface area contributed by atoms with Gasteiger partial charge in [0.1, 0.15) is 5.57 Å². The second-order valence-electron chi connectivity index (χ2n) is 5.14. The summed E-state index contributed by atoms with van der Waals surface area (Å²) in [5.74, 6) is -1.27. The zero-order valence-electron chi connectivity index (χ0n) is 12.1. The standard InChI is InChI=1S/C16H18O4/c1-10(2)16(12-8-6-5-7-9-12)11(3)13(14(17)19-4)15(18)20-16/h5-10H,1-4H3. The van der Waals surface area contributed by atoms with Gasteiger partial charge >= 0.3 is 11.9 Å². The van der Waals surface area contributed by atoms with Crippen LogP contribution in [0.25, 0.3) is 0 Å². The number of ether oxygens (including phenoxy) is 2. The molecular weight excluding hydrogens is 256 g/mol. The van der Waals surface area contributed by atoms with Crippen LogP contribution in [0.3, 0.4) is 0 Å². The van der Waals surface area contributed by atoms with Crippen molar-refractivity contribution in [2.45, 2.75) is 26.4 Å². The lowest BCUT2D eigenvalue weighted by molar-refractivity contribution is -0.153. The third kappa shape index (κ3) is 1.92. The zero-order valence-corrected chi connectivity index (χ0v) is 12.1. The highest BCUT2D eigenvalue weighted by Crippen LogP contribution is 2.46. The quantitative estimate of drug-likeness (QED) is 0.628. The van der Waals surface area contributed by atoms with E-state index in [-0.39, 0.29) is 11.5 Å². The van der Waals surface area contributed by atoms with E-state index in [9.17, 15) is 9.59 Å². The molecule has 0 radical (unpaired) electrons. The summed E-state index contributed by atoms with van der Waals surface area (Å²) in [6, 6.07) is 9.47. The zero-order chi connectivity index (χ0) is 14.9. The van der Waals surface area contributed by atoms with Crippen LogP contribution in [0.2, 0.25) is 0 Å². The Kier molecular flexibility index (Phi) is 3.66. The lowest BCUT2D eigenvalue weighted by atomic mass is 9.77. The van der Waals surface area contributed by atoms with E-state index < -0.39 is 17.5 Å². The number of benzene rings is 1. The molecule has 0 amide bonds. The Morgan fingerprint density at radius 1 is 1.25 bits per heavy atom. The minimum Gasteiger partial charge on any atom is -0.465 e. The Balaban J connectivity index is 2.65. The van der Waals surface area contributed by atoms with Crippen LogP contribution >= 0.6 is 0 Å². The molecule has 20 heavy (non-hydrogen) atoms. The average molecular weight is 274 g/mol. The topological polar surface area (TPSA) is 52.6 Å². The first kappa shape index (κ1) is 14.3. The molecule has 1 unspecified atom stereocenters. The smallest absolute Gasteiger partial charge is 0.346 e. The third-order valence-corrected chi connectivity index (χ3v) is 3.80. The molecule has 1 heterocycles. The molecule has 0 saturated heterocycles. The molecule has 4 heteroatoms. The Bertz CT molecular complexity index is 571. The highest BCUT2D eigenvalue weighted by molar-refractivity contribution is 6.16. The van der Waals surface area contributed by atoms with Crippen LogP contribution in [-0.4, -0.2) is 19.0 Å². The van der Waals surface area contributed by atoms with Gasteiger partial charge in [0.25, 0.3) is 0 Å². The predicted octanol–water partition coefficient (Wildman–Crippen LogP) is 2.58. The molecular formula is C16H18O4. The van der Waals surface area contributed by atoms with E-state index in [1.165, 1.54) is 7.11 Å². The molecule has 0 aliphatic carbocycles. The second kappa shape index (κ2) is 5.12. The van der Waals surface area contributed by atoms with Crippen molar-refractivity contribution in [2.75, 3.05) is 7.11 Å². The lowest BCUT2D eigenvalue weighted by Gasteiger charge is -2.34. The average Bonchev–Trinajstić information content (AvgIpc) is 2.71. The maximum atomic E-state index is 12.1. The summed E-state index contributed by atoms with van der Waals surface area (Å²) in [6.07, 6.45) is 0. The third-order valence-electron chi connectivity index (χ3n) is 3.80. The molecule has 4 nitrogen and oxygen atoms in total. The first-order valence-corrected chi connectivity index (χ1v) is 6.53. The molecule has 0 saturated carbocycles. The molecule has 2 rings (SSSR count). The molecule has 1 aliphatic rings. The lowest BCUT2D eigenvalue weighted by Crippen LogP contribution is -2.34. The van der Waals surface area contributed by atoms with Crippen molar-refractivity contribution in [1.82, 2.24) is 0 Å². The van der Waals surface area contributed by atoms with Crippen LogP contribution in [0.5, 0.6) is 0 Å². The fourth-order valence-electron chi connectivity index (χ4n) is 2.80. The maximum Gasteiger partial charge on any atom is 0.346 e. The summed E-state index contributed by atoms with van der Waals surface area (Å²) < 4.78 is 10.3. The fraction of sp³-hybridized carbons (Fsp3) is 0.375. The highest BCUT2D eigenvalue weighted by atomic mass is 16.6. The Morgan fingerprint density at radius 2 is 1.85 bits per heavy atom. The van der Waals surface area contributed by atoms with Crippen molar-refractivity contribution >= 4 is 11.9 Å². The van der Waals surface area contributed by atoms with E-state index in [4.69, 9.17) is 4.74 Å². The number of esters is 2. The first-order valence-electron chi connectivity index (χ1n) is 6.53. The largest absolute Gasteiger partial charge is 0.465 e. The molecule has 1 aliphatic heterocycles. The van der Waals surface area contributed by atoms with Crippen LogP contribution in [0.1, 0.15) is 26.3 Å². The molecule has 1 aromatic rings. The number of carbonyl (C=O) groups is 2. The van der Waals surface area contributed by atoms with E-state index in [2.05, 4.69) is 4.74 Å². The van der Waals surface area contributed by atoms with Crippen LogP contribution in [0, 0.1) is 5.92 Å². The number of hydrogen-bond donors (Lipinski definition) is 0. The van der Waals surface area contributed by atoms with Gasteiger partial charge < -0.3 is 9.47 Å².